The van der Waals surface area contributed by atoms with E-state index < -0.39 is 0 Å². The molecule has 0 amide bonds. The number of hydrogen-bond acceptors (Lipinski definition) is 5. The maximum absolute atomic E-state index is 4.48. The third kappa shape index (κ3) is 3.19. The van der Waals surface area contributed by atoms with E-state index in [2.05, 4.69) is 47.3 Å². The lowest BCUT2D eigenvalue weighted by atomic mass is 9.90. The molecule has 0 bridgehead atoms. The van der Waals surface area contributed by atoms with Crippen molar-refractivity contribution in [2.45, 2.75) is 51.1 Å². The van der Waals surface area contributed by atoms with Crippen molar-refractivity contribution < 1.29 is 0 Å². The van der Waals surface area contributed by atoms with Crippen molar-refractivity contribution in [3.63, 3.8) is 0 Å². The molecule has 0 radical (unpaired) electrons. The summed E-state index contributed by atoms with van der Waals surface area (Å²) in [5.74, 6) is 1.02. The zero-order valence-electron chi connectivity index (χ0n) is 13.1. The maximum Gasteiger partial charge on any atom is 0.138 e. The van der Waals surface area contributed by atoms with E-state index in [1.807, 2.05) is 0 Å². The highest BCUT2D eigenvalue weighted by Gasteiger charge is 2.23. The smallest absolute Gasteiger partial charge is 0.138 e. The normalized spacial score (nSPS) is 22.9. The minimum absolute atomic E-state index is 0.546. The van der Waals surface area contributed by atoms with Crippen molar-refractivity contribution in [3.8, 4) is 0 Å². The summed E-state index contributed by atoms with van der Waals surface area (Å²) >= 11 is 1.78. The lowest BCUT2D eigenvalue weighted by Crippen LogP contribution is -2.36. The van der Waals surface area contributed by atoms with Crippen molar-refractivity contribution in [2.75, 3.05) is 19.4 Å². The lowest BCUT2D eigenvalue weighted by Gasteiger charge is -2.33. The summed E-state index contributed by atoms with van der Waals surface area (Å²) in [7, 11) is 4.37. The molecule has 114 valence electrons. The number of thiophene rings is 1. The van der Waals surface area contributed by atoms with Crippen molar-refractivity contribution >= 4 is 27.4 Å². The van der Waals surface area contributed by atoms with Crippen LogP contribution in [0.25, 0.3) is 10.2 Å². The summed E-state index contributed by atoms with van der Waals surface area (Å²) in [4.78, 5) is 13.7. The van der Waals surface area contributed by atoms with E-state index in [4.69, 9.17) is 0 Å². The quantitative estimate of drug-likeness (QED) is 0.938. The highest BCUT2D eigenvalue weighted by molar-refractivity contribution is 7.18. The average molecular weight is 304 g/mol. The molecule has 2 heterocycles. The van der Waals surface area contributed by atoms with Gasteiger partial charge < -0.3 is 10.2 Å². The summed E-state index contributed by atoms with van der Waals surface area (Å²) in [6.07, 6.45) is 7.73. The summed E-state index contributed by atoms with van der Waals surface area (Å²) in [5, 5.41) is 4.85. The number of hydrogen-bond donors (Lipinski definition) is 1. The van der Waals surface area contributed by atoms with Gasteiger partial charge in [-0.05, 0) is 52.3 Å². The molecule has 2 aromatic heterocycles. The van der Waals surface area contributed by atoms with Gasteiger partial charge in [0.1, 0.15) is 17.0 Å². The van der Waals surface area contributed by atoms with Crippen LogP contribution in [0.4, 0.5) is 5.82 Å². The minimum Gasteiger partial charge on any atom is -0.367 e. The first-order valence-electron chi connectivity index (χ1n) is 7.83. The summed E-state index contributed by atoms with van der Waals surface area (Å²) < 4.78 is 0. The van der Waals surface area contributed by atoms with Gasteiger partial charge in [0.2, 0.25) is 0 Å². The molecule has 0 saturated heterocycles. The van der Waals surface area contributed by atoms with Crippen molar-refractivity contribution in [1.82, 2.24) is 14.9 Å². The zero-order valence-corrected chi connectivity index (χ0v) is 13.9. The Morgan fingerprint density at radius 2 is 2.00 bits per heavy atom. The summed E-state index contributed by atoms with van der Waals surface area (Å²) in [6.45, 7) is 2.19. The van der Waals surface area contributed by atoms with Crippen LogP contribution in [-0.2, 0) is 6.42 Å². The Balaban J connectivity index is 1.72. The number of aromatic nitrogens is 2. The fourth-order valence-corrected chi connectivity index (χ4v) is 4.06. The average Bonchev–Trinajstić information content (AvgIpc) is 2.92. The second-order valence-corrected chi connectivity index (χ2v) is 7.24. The van der Waals surface area contributed by atoms with E-state index in [0.29, 0.717) is 6.04 Å². The summed E-state index contributed by atoms with van der Waals surface area (Å²) in [6, 6.07) is 3.53. The number of nitrogens with one attached hydrogen (secondary N) is 1. The Morgan fingerprint density at radius 1 is 1.24 bits per heavy atom. The molecule has 4 nitrogen and oxygen atoms in total. The predicted octanol–water partition coefficient (Wildman–Crippen LogP) is 3.54. The molecule has 2 aromatic rings. The van der Waals surface area contributed by atoms with Crippen LogP contribution in [-0.4, -0.2) is 41.0 Å². The van der Waals surface area contributed by atoms with E-state index in [-0.39, 0.29) is 0 Å². The third-order valence-corrected chi connectivity index (χ3v) is 5.68. The molecule has 5 heteroatoms. The van der Waals surface area contributed by atoms with Gasteiger partial charge in [-0.3, -0.25) is 0 Å². The van der Waals surface area contributed by atoms with Gasteiger partial charge in [-0.1, -0.05) is 6.92 Å². The van der Waals surface area contributed by atoms with Crippen LogP contribution in [0, 0.1) is 0 Å². The number of aryl methyl sites for hydroxylation is 1. The summed E-state index contributed by atoms with van der Waals surface area (Å²) in [5.41, 5.74) is 0. The number of nitrogens with zero attached hydrogens (tertiary/aromatic N) is 3. The van der Waals surface area contributed by atoms with Gasteiger partial charge in [0.15, 0.2) is 0 Å². The van der Waals surface area contributed by atoms with E-state index in [0.717, 1.165) is 23.1 Å². The van der Waals surface area contributed by atoms with Gasteiger partial charge >= 0.3 is 0 Å². The monoisotopic (exact) mass is 304 g/mol. The van der Waals surface area contributed by atoms with Crippen molar-refractivity contribution in [1.29, 1.82) is 0 Å². The molecular formula is C16H24N4S. The molecule has 0 unspecified atom stereocenters. The van der Waals surface area contributed by atoms with Crippen LogP contribution in [0.1, 0.15) is 37.5 Å². The van der Waals surface area contributed by atoms with Crippen LogP contribution in [0.15, 0.2) is 12.4 Å². The van der Waals surface area contributed by atoms with E-state index >= 15 is 0 Å². The van der Waals surface area contributed by atoms with Gasteiger partial charge in [-0.25, -0.2) is 9.97 Å². The van der Waals surface area contributed by atoms with Crippen LogP contribution in [0.3, 0.4) is 0 Å². The Morgan fingerprint density at radius 3 is 2.67 bits per heavy atom. The van der Waals surface area contributed by atoms with E-state index in [9.17, 15) is 0 Å². The van der Waals surface area contributed by atoms with Crippen LogP contribution in [0.5, 0.6) is 0 Å². The molecule has 0 aliphatic heterocycles. The van der Waals surface area contributed by atoms with Gasteiger partial charge in [-0.15, -0.1) is 11.3 Å². The Bertz CT molecular complexity index is 599. The van der Waals surface area contributed by atoms with Crippen LogP contribution < -0.4 is 5.32 Å². The van der Waals surface area contributed by atoms with Crippen molar-refractivity contribution in [2.24, 2.45) is 0 Å². The van der Waals surface area contributed by atoms with E-state index in [1.54, 1.807) is 17.7 Å². The predicted molar refractivity (Wildman–Crippen MR) is 90.1 cm³/mol. The first-order chi connectivity index (χ1) is 10.2. The second-order valence-electron chi connectivity index (χ2n) is 6.12. The van der Waals surface area contributed by atoms with Crippen molar-refractivity contribution in [3.05, 3.63) is 17.3 Å². The van der Waals surface area contributed by atoms with Gasteiger partial charge in [-0.2, -0.15) is 0 Å². The number of anilines is 1. The molecule has 0 aromatic carbocycles. The molecule has 1 saturated carbocycles. The molecule has 21 heavy (non-hydrogen) atoms. The molecule has 0 atom stereocenters. The Kier molecular flexibility index (Phi) is 4.40. The van der Waals surface area contributed by atoms with E-state index in [1.165, 1.54) is 35.9 Å². The zero-order chi connectivity index (χ0) is 14.8. The fourth-order valence-electron chi connectivity index (χ4n) is 3.12. The maximum atomic E-state index is 4.48. The lowest BCUT2D eigenvalue weighted by molar-refractivity contribution is 0.221. The highest BCUT2D eigenvalue weighted by atomic mass is 32.1. The van der Waals surface area contributed by atoms with Crippen LogP contribution in [0.2, 0.25) is 0 Å². The molecular weight excluding hydrogens is 280 g/mol. The standard InChI is InChI=1S/C16H24N4S/c1-4-13-9-14-15(17-10-18-16(14)21-13)19-11-5-7-12(8-6-11)20(2)3/h9-12H,4-8H2,1-3H3,(H,17,18,19)/t11-,12-. The molecule has 1 aliphatic carbocycles. The second kappa shape index (κ2) is 6.28. The number of rotatable bonds is 4. The first kappa shape index (κ1) is 14.7. The topological polar surface area (TPSA) is 41.0 Å². The molecule has 1 aliphatic rings. The highest BCUT2D eigenvalue weighted by Crippen LogP contribution is 2.30. The van der Waals surface area contributed by atoms with Crippen LogP contribution >= 0.6 is 11.3 Å². The fraction of sp³-hybridized carbons (Fsp3) is 0.625. The largest absolute Gasteiger partial charge is 0.367 e. The molecule has 0 spiro atoms. The molecule has 1 N–H and O–H groups in total. The minimum atomic E-state index is 0.546. The third-order valence-electron chi connectivity index (χ3n) is 4.50. The number of fused-ring (bicyclic) bond motifs is 1. The SMILES string of the molecule is CCc1cc2c(N[C@H]3CC[C@H](N(C)C)CC3)ncnc2s1. The molecule has 3 rings (SSSR count). The van der Waals surface area contributed by atoms with Gasteiger partial charge in [0.05, 0.1) is 5.39 Å². The first-order valence-corrected chi connectivity index (χ1v) is 8.65. The molecule has 1 fully saturated rings. The van der Waals surface area contributed by atoms with Gasteiger partial charge in [0, 0.05) is 17.0 Å². The Labute approximate surface area is 130 Å². The Hall–Kier alpha value is -1.20. The van der Waals surface area contributed by atoms with Gasteiger partial charge in [0.25, 0.3) is 0 Å².